The third-order valence-corrected chi connectivity index (χ3v) is 4.02. The lowest BCUT2D eigenvalue weighted by atomic mass is 10.1. The molecule has 0 radical (unpaired) electrons. The molecule has 3 nitrogen and oxygen atoms in total. The van der Waals surface area contributed by atoms with Crippen molar-refractivity contribution in [2.24, 2.45) is 0 Å². The normalized spacial score (nSPS) is 12.3. The van der Waals surface area contributed by atoms with E-state index >= 15 is 0 Å². The second-order valence-corrected chi connectivity index (χ2v) is 5.96. The third-order valence-electron chi connectivity index (χ3n) is 4.02. The van der Waals surface area contributed by atoms with Gasteiger partial charge >= 0.3 is 0 Å². The maximum atomic E-state index is 13.6. The van der Waals surface area contributed by atoms with Crippen molar-refractivity contribution in [1.29, 1.82) is 0 Å². The molecular weight excluding hydrogens is 322 g/mol. The first-order chi connectivity index (χ1) is 12.1. The summed E-state index contributed by atoms with van der Waals surface area (Å²) in [6, 6.07) is 15.7. The highest BCUT2D eigenvalue weighted by Gasteiger charge is 2.17. The van der Waals surface area contributed by atoms with Gasteiger partial charge in [0.2, 0.25) is 0 Å². The molecule has 2 N–H and O–H groups in total. The molecule has 0 saturated heterocycles. The van der Waals surface area contributed by atoms with Crippen molar-refractivity contribution >= 4 is 0 Å². The van der Waals surface area contributed by atoms with Crippen LogP contribution in [0.4, 0.5) is 8.78 Å². The summed E-state index contributed by atoms with van der Waals surface area (Å²) in [6.45, 7) is 1.36. The zero-order valence-electron chi connectivity index (χ0n) is 13.7. The Morgan fingerprint density at radius 1 is 0.920 bits per heavy atom. The Bertz CT molecular complexity index is 797. The van der Waals surface area contributed by atoms with Crippen LogP contribution in [0.15, 0.2) is 67.0 Å². The van der Waals surface area contributed by atoms with Gasteiger partial charge in [-0.25, -0.2) is 8.78 Å². The number of hydrogen-bond donors (Lipinski definition) is 2. The van der Waals surface area contributed by atoms with Gasteiger partial charge in [-0.15, -0.1) is 0 Å². The van der Waals surface area contributed by atoms with Gasteiger partial charge in [0.1, 0.15) is 11.6 Å². The third kappa shape index (κ3) is 4.53. The van der Waals surface area contributed by atoms with Gasteiger partial charge in [-0.3, -0.25) is 0 Å². The Labute approximate surface area is 145 Å². The monoisotopic (exact) mass is 342 g/mol. The molecule has 3 rings (SSSR count). The van der Waals surface area contributed by atoms with Crippen LogP contribution in [0.1, 0.15) is 22.8 Å². The highest BCUT2D eigenvalue weighted by Crippen LogP contribution is 2.20. The van der Waals surface area contributed by atoms with E-state index in [9.17, 15) is 13.9 Å². The summed E-state index contributed by atoms with van der Waals surface area (Å²) >= 11 is 0. The number of aliphatic hydroxyl groups is 1. The molecule has 1 atom stereocenters. The first kappa shape index (κ1) is 17.3. The lowest BCUT2D eigenvalue weighted by Gasteiger charge is -2.13. The lowest BCUT2D eigenvalue weighted by Crippen LogP contribution is -2.22. The lowest BCUT2D eigenvalue weighted by molar-refractivity contribution is 0.164. The van der Waals surface area contributed by atoms with Crippen molar-refractivity contribution in [2.75, 3.05) is 6.54 Å². The second kappa shape index (κ2) is 8.05. The van der Waals surface area contributed by atoms with Gasteiger partial charge in [0.05, 0.1) is 11.7 Å². The van der Waals surface area contributed by atoms with Crippen molar-refractivity contribution < 1.29 is 13.9 Å². The molecule has 1 unspecified atom stereocenters. The molecular formula is C20H20F2N2O. The molecule has 0 saturated carbocycles. The SMILES string of the molecule is OC(CNCc1ccn(Cc2ccccc2)c1)c1c(F)cccc1F. The minimum absolute atomic E-state index is 0.0711. The molecule has 25 heavy (non-hydrogen) atoms. The summed E-state index contributed by atoms with van der Waals surface area (Å²) in [7, 11) is 0. The summed E-state index contributed by atoms with van der Waals surface area (Å²) in [5.41, 5.74) is 1.96. The van der Waals surface area contributed by atoms with Crippen LogP contribution in [0, 0.1) is 11.6 Å². The van der Waals surface area contributed by atoms with Crippen LogP contribution >= 0.6 is 0 Å². The number of rotatable bonds is 7. The molecule has 0 aliphatic carbocycles. The predicted octanol–water partition coefficient (Wildman–Crippen LogP) is 3.64. The number of benzene rings is 2. The Morgan fingerprint density at radius 3 is 2.36 bits per heavy atom. The molecule has 1 heterocycles. The zero-order valence-corrected chi connectivity index (χ0v) is 13.7. The smallest absolute Gasteiger partial charge is 0.131 e. The highest BCUT2D eigenvalue weighted by atomic mass is 19.1. The predicted molar refractivity (Wildman–Crippen MR) is 93.0 cm³/mol. The average Bonchev–Trinajstić information content (AvgIpc) is 3.03. The number of halogens is 2. The Morgan fingerprint density at radius 2 is 1.64 bits per heavy atom. The van der Waals surface area contributed by atoms with E-state index in [0.29, 0.717) is 6.54 Å². The first-order valence-corrected chi connectivity index (χ1v) is 8.15. The van der Waals surface area contributed by atoms with Crippen LogP contribution in [0.3, 0.4) is 0 Å². The number of aliphatic hydroxyl groups excluding tert-OH is 1. The topological polar surface area (TPSA) is 37.2 Å². The van der Waals surface area contributed by atoms with Crippen LogP contribution in [-0.4, -0.2) is 16.2 Å². The quantitative estimate of drug-likeness (QED) is 0.688. The molecule has 0 bridgehead atoms. The van der Waals surface area contributed by atoms with Gasteiger partial charge < -0.3 is 15.0 Å². The van der Waals surface area contributed by atoms with E-state index in [1.165, 1.54) is 11.6 Å². The second-order valence-electron chi connectivity index (χ2n) is 5.96. The molecule has 0 aliphatic rings. The number of hydrogen-bond acceptors (Lipinski definition) is 2. The van der Waals surface area contributed by atoms with Crippen molar-refractivity contribution in [1.82, 2.24) is 9.88 Å². The van der Waals surface area contributed by atoms with Crippen LogP contribution in [0.5, 0.6) is 0 Å². The minimum atomic E-state index is -1.23. The maximum Gasteiger partial charge on any atom is 0.131 e. The number of nitrogens with one attached hydrogen (secondary N) is 1. The number of aromatic nitrogens is 1. The highest BCUT2D eigenvalue weighted by molar-refractivity contribution is 5.22. The first-order valence-electron chi connectivity index (χ1n) is 8.15. The van der Waals surface area contributed by atoms with Crippen LogP contribution < -0.4 is 5.32 Å². The molecule has 130 valence electrons. The largest absolute Gasteiger partial charge is 0.387 e. The maximum absolute atomic E-state index is 13.6. The molecule has 2 aromatic carbocycles. The van der Waals surface area contributed by atoms with Gasteiger partial charge in [0, 0.05) is 32.0 Å². The van der Waals surface area contributed by atoms with E-state index in [-0.39, 0.29) is 12.1 Å². The fourth-order valence-electron chi connectivity index (χ4n) is 2.77. The summed E-state index contributed by atoms with van der Waals surface area (Å²) < 4.78 is 29.3. The van der Waals surface area contributed by atoms with Crippen molar-refractivity contribution in [2.45, 2.75) is 19.2 Å². The Kier molecular flexibility index (Phi) is 5.58. The van der Waals surface area contributed by atoms with Crippen molar-refractivity contribution in [3.8, 4) is 0 Å². The molecule has 0 aliphatic heterocycles. The van der Waals surface area contributed by atoms with E-state index in [1.807, 2.05) is 36.7 Å². The van der Waals surface area contributed by atoms with Crippen molar-refractivity contribution in [3.63, 3.8) is 0 Å². The fourth-order valence-corrected chi connectivity index (χ4v) is 2.77. The summed E-state index contributed by atoms with van der Waals surface area (Å²) in [5, 5.41) is 13.0. The molecule has 0 amide bonds. The Balaban J connectivity index is 1.52. The molecule has 5 heteroatoms. The van der Waals surface area contributed by atoms with Gasteiger partial charge in [0.15, 0.2) is 0 Å². The van der Waals surface area contributed by atoms with E-state index in [2.05, 4.69) is 22.0 Å². The van der Waals surface area contributed by atoms with Gasteiger partial charge in [-0.2, -0.15) is 0 Å². The van der Waals surface area contributed by atoms with E-state index in [0.717, 1.165) is 24.2 Å². The van der Waals surface area contributed by atoms with Gasteiger partial charge in [-0.1, -0.05) is 36.4 Å². The summed E-state index contributed by atoms with van der Waals surface area (Å²) in [6.07, 6.45) is 2.76. The zero-order chi connectivity index (χ0) is 17.6. The van der Waals surface area contributed by atoms with Gasteiger partial charge in [-0.05, 0) is 29.3 Å². The molecule has 0 spiro atoms. The van der Waals surface area contributed by atoms with Gasteiger partial charge in [0.25, 0.3) is 0 Å². The molecule has 0 fully saturated rings. The minimum Gasteiger partial charge on any atom is -0.387 e. The standard InChI is InChI=1S/C20H20F2N2O/c21-17-7-4-8-18(22)20(17)19(25)12-23-11-16-9-10-24(14-16)13-15-5-2-1-3-6-15/h1-10,14,19,23,25H,11-13H2. The Hall–Kier alpha value is -2.50. The molecule has 3 aromatic rings. The van der Waals surface area contributed by atoms with Crippen molar-refractivity contribution in [3.05, 3.63) is 95.3 Å². The van der Waals surface area contributed by atoms with E-state index < -0.39 is 17.7 Å². The van der Waals surface area contributed by atoms with Crippen LogP contribution in [0.2, 0.25) is 0 Å². The average molecular weight is 342 g/mol. The van der Waals surface area contributed by atoms with Crippen LogP contribution in [-0.2, 0) is 13.1 Å². The number of nitrogens with zero attached hydrogens (tertiary/aromatic N) is 1. The van der Waals surface area contributed by atoms with E-state index in [4.69, 9.17) is 0 Å². The summed E-state index contributed by atoms with van der Waals surface area (Å²) in [5.74, 6) is -1.47. The van der Waals surface area contributed by atoms with Crippen LogP contribution in [0.25, 0.3) is 0 Å². The van der Waals surface area contributed by atoms with E-state index in [1.54, 1.807) is 0 Å². The summed E-state index contributed by atoms with van der Waals surface area (Å²) in [4.78, 5) is 0. The molecule has 1 aromatic heterocycles. The fraction of sp³-hybridized carbons (Fsp3) is 0.200.